The Morgan fingerprint density at radius 1 is 1.33 bits per heavy atom. The standard InChI is InChI=1S/C10H16NO/c1-2-5-11(10-3-4-10)6-8-12-9-7-11/h1,10H,3-9H2/q+1. The molecular weight excluding hydrogens is 150 g/mol. The minimum absolute atomic E-state index is 0.866. The topological polar surface area (TPSA) is 9.23 Å². The van der Waals surface area contributed by atoms with E-state index in [1.807, 2.05) is 0 Å². The van der Waals surface area contributed by atoms with Crippen molar-refractivity contribution in [2.45, 2.75) is 18.9 Å². The third-order valence-corrected chi connectivity index (χ3v) is 3.09. The molecule has 66 valence electrons. The first kappa shape index (κ1) is 8.10. The van der Waals surface area contributed by atoms with Crippen molar-refractivity contribution in [3.8, 4) is 12.3 Å². The third-order valence-electron chi connectivity index (χ3n) is 3.09. The van der Waals surface area contributed by atoms with E-state index in [0.717, 1.165) is 43.4 Å². The van der Waals surface area contributed by atoms with E-state index in [2.05, 4.69) is 5.92 Å². The minimum atomic E-state index is 0.866. The number of ether oxygens (including phenoxy) is 1. The van der Waals surface area contributed by atoms with Crippen LogP contribution in [-0.2, 0) is 4.74 Å². The van der Waals surface area contributed by atoms with Crippen LogP contribution in [0.15, 0.2) is 0 Å². The predicted octanol–water partition coefficient (Wildman–Crippen LogP) is 0.629. The number of morpholine rings is 1. The summed E-state index contributed by atoms with van der Waals surface area (Å²) in [5.74, 6) is 2.82. The van der Waals surface area contributed by atoms with Crippen LogP contribution < -0.4 is 0 Å². The Labute approximate surface area is 74.1 Å². The molecule has 1 saturated carbocycles. The van der Waals surface area contributed by atoms with Gasteiger partial charge in [-0.3, -0.25) is 0 Å². The van der Waals surface area contributed by atoms with Crippen LogP contribution in [0.5, 0.6) is 0 Å². The van der Waals surface area contributed by atoms with Gasteiger partial charge in [0.15, 0.2) is 0 Å². The van der Waals surface area contributed by atoms with E-state index < -0.39 is 0 Å². The minimum Gasteiger partial charge on any atom is -0.370 e. The van der Waals surface area contributed by atoms with E-state index in [0.29, 0.717) is 0 Å². The van der Waals surface area contributed by atoms with Crippen molar-refractivity contribution < 1.29 is 9.22 Å². The molecule has 0 aromatic heterocycles. The van der Waals surface area contributed by atoms with Gasteiger partial charge in [-0.25, -0.2) is 0 Å². The highest BCUT2D eigenvalue weighted by Gasteiger charge is 2.44. The highest BCUT2D eigenvalue weighted by atomic mass is 16.5. The van der Waals surface area contributed by atoms with Crippen molar-refractivity contribution >= 4 is 0 Å². The molecule has 0 aromatic carbocycles. The smallest absolute Gasteiger partial charge is 0.141 e. The molecule has 0 N–H and O–H groups in total. The summed E-state index contributed by atoms with van der Waals surface area (Å²) in [7, 11) is 0. The Morgan fingerprint density at radius 3 is 2.50 bits per heavy atom. The van der Waals surface area contributed by atoms with Gasteiger partial charge in [-0.05, 0) is 5.92 Å². The van der Waals surface area contributed by atoms with E-state index in [1.54, 1.807) is 0 Å². The molecule has 0 bridgehead atoms. The van der Waals surface area contributed by atoms with Crippen LogP contribution in [0.2, 0.25) is 0 Å². The molecule has 2 fully saturated rings. The Bertz CT molecular complexity index is 196. The van der Waals surface area contributed by atoms with Crippen molar-refractivity contribution in [3.63, 3.8) is 0 Å². The van der Waals surface area contributed by atoms with Crippen LogP contribution in [0.25, 0.3) is 0 Å². The fourth-order valence-electron chi connectivity index (χ4n) is 2.16. The number of hydrogen-bond donors (Lipinski definition) is 0. The molecule has 2 heteroatoms. The maximum absolute atomic E-state index is 5.40. The SMILES string of the molecule is C#CC[N+]1(C2CC2)CCOCC1. The number of quaternary nitrogens is 1. The summed E-state index contributed by atoms with van der Waals surface area (Å²) in [5, 5.41) is 0. The van der Waals surface area contributed by atoms with Gasteiger partial charge >= 0.3 is 0 Å². The van der Waals surface area contributed by atoms with Gasteiger partial charge < -0.3 is 9.22 Å². The average Bonchev–Trinajstić information content (AvgIpc) is 2.89. The van der Waals surface area contributed by atoms with Crippen LogP contribution in [0.4, 0.5) is 0 Å². The van der Waals surface area contributed by atoms with E-state index in [9.17, 15) is 0 Å². The highest BCUT2D eigenvalue weighted by molar-refractivity contribution is 4.88. The second kappa shape index (κ2) is 3.08. The van der Waals surface area contributed by atoms with E-state index in [1.165, 1.54) is 12.8 Å². The van der Waals surface area contributed by atoms with Crippen molar-refractivity contribution in [2.24, 2.45) is 0 Å². The summed E-state index contributed by atoms with van der Waals surface area (Å²) in [4.78, 5) is 0. The van der Waals surface area contributed by atoms with E-state index in [-0.39, 0.29) is 0 Å². The molecule has 1 saturated heterocycles. The Morgan fingerprint density at radius 2 is 2.00 bits per heavy atom. The van der Waals surface area contributed by atoms with Crippen LogP contribution in [0.1, 0.15) is 12.8 Å². The lowest BCUT2D eigenvalue weighted by atomic mass is 10.3. The fraction of sp³-hybridized carbons (Fsp3) is 0.800. The van der Waals surface area contributed by atoms with Crippen molar-refractivity contribution in [3.05, 3.63) is 0 Å². The fourth-order valence-corrected chi connectivity index (χ4v) is 2.16. The largest absolute Gasteiger partial charge is 0.370 e. The van der Waals surface area contributed by atoms with Gasteiger partial charge in [0.05, 0.1) is 19.3 Å². The van der Waals surface area contributed by atoms with Gasteiger partial charge in [0.1, 0.15) is 19.6 Å². The molecule has 1 aliphatic carbocycles. The summed E-state index contributed by atoms with van der Waals surface area (Å²) in [6.07, 6.45) is 8.16. The van der Waals surface area contributed by atoms with Gasteiger partial charge in [0.25, 0.3) is 0 Å². The molecule has 0 spiro atoms. The Kier molecular flexibility index (Phi) is 2.08. The predicted molar refractivity (Wildman–Crippen MR) is 47.5 cm³/mol. The summed E-state index contributed by atoms with van der Waals surface area (Å²) in [6.45, 7) is 4.98. The second-order valence-electron chi connectivity index (χ2n) is 3.87. The molecule has 1 heterocycles. The maximum atomic E-state index is 5.40. The lowest BCUT2D eigenvalue weighted by Crippen LogP contribution is -2.56. The summed E-state index contributed by atoms with van der Waals surface area (Å²) in [6, 6.07) is 0.866. The van der Waals surface area contributed by atoms with Gasteiger partial charge in [-0.2, -0.15) is 0 Å². The number of terminal acetylenes is 1. The highest BCUT2D eigenvalue weighted by Crippen LogP contribution is 2.34. The average molecular weight is 166 g/mol. The number of rotatable bonds is 2. The first-order valence-corrected chi connectivity index (χ1v) is 4.74. The van der Waals surface area contributed by atoms with Crippen molar-refractivity contribution in [2.75, 3.05) is 32.8 Å². The summed E-state index contributed by atoms with van der Waals surface area (Å²) in [5.41, 5.74) is 0. The molecule has 0 atom stereocenters. The summed E-state index contributed by atoms with van der Waals surface area (Å²) >= 11 is 0. The van der Waals surface area contributed by atoms with Crippen LogP contribution >= 0.6 is 0 Å². The first-order chi connectivity index (χ1) is 5.87. The first-order valence-electron chi connectivity index (χ1n) is 4.74. The molecule has 0 amide bonds. The quantitative estimate of drug-likeness (QED) is 0.432. The zero-order valence-corrected chi connectivity index (χ0v) is 7.46. The van der Waals surface area contributed by atoms with Crippen molar-refractivity contribution in [1.82, 2.24) is 0 Å². The molecule has 0 unspecified atom stereocenters. The Hall–Kier alpha value is -0.520. The maximum Gasteiger partial charge on any atom is 0.141 e. The molecule has 0 aromatic rings. The lowest BCUT2D eigenvalue weighted by molar-refractivity contribution is -0.938. The zero-order chi connectivity index (χ0) is 8.44. The van der Waals surface area contributed by atoms with Gasteiger partial charge in [-0.1, -0.05) is 0 Å². The number of hydrogen-bond acceptors (Lipinski definition) is 1. The normalized spacial score (nSPS) is 27.9. The molecule has 12 heavy (non-hydrogen) atoms. The lowest BCUT2D eigenvalue weighted by Gasteiger charge is -2.40. The van der Waals surface area contributed by atoms with Gasteiger partial charge in [0, 0.05) is 12.8 Å². The van der Waals surface area contributed by atoms with Gasteiger partial charge in [-0.15, -0.1) is 6.42 Å². The van der Waals surface area contributed by atoms with Crippen LogP contribution in [-0.4, -0.2) is 43.4 Å². The monoisotopic (exact) mass is 166 g/mol. The molecule has 1 aliphatic heterocycles. The molecule has 2 rings (SSSR count). The zero-order valence-electron chi connectivity index (χ0n) is 7.46. The summed E-state index contributed by atoms with van der Waals surface area (Å²) < 4.78 is 6.51. The van der Waals surface area contributed by atoms with Crippen LogP contribution in [0, 0.1) is 12.3 Å². The second-order valence-corrected chi connectivity index (χ2v) is 3.87. The number of nitrogens with zero attached hydrogens (tertiary/aromatic N) is 1. The van der Waals surface area contributed by atoms with Crippen LogP contribution in [0.3, 0.4) is 0 Å². The van der Waals surface area contributed by atoms with Gasteiger partial charge in [0.2, 0.25) is 0 Å². The molecule has 2 nitrogen and oxygen atoms in total. The van der Waals surface area contributed by atoms with E-state index >= 15 is 0 Å². The van der Waals surface area contributed by atoms with E-state index in [4.69, 9.17) is 11.2 Å². The third kappa shape index (κ3) is 1.35. The molecular formula is C10H16NO+. The molecule has 2 aliphatic rings. The Balaban J connectivity index is 2.04. The molecule has 0 radical (unpaired) electrons. The van der Waals surface area contributed by atoms with Crippen molar-refractivity contribution in [1.29, 1.82) is 0 Å².